The van der Waals surface area contributed by atoms with E-state index in [2.05, 4.69) is 24.1 Å². The van der Waals surface area contributed by atoms with Gasteiger partial charge in [-0.25, -0.2) is 0 Å². The van der Waals surface area contributed by atoms with Gasteiger partial charge in [-0.2, -0.15) is 0 Å². The number of nitrogens with zero attached hydrogens (tertiary/aromatic N) is 1. The number of carbonyl (C=O) groups is 1. The van der Waals surface area contributed by atoms with Gasteiger partial charge in [0.25, 0.3) is 0 Å². The fraction of sp³-hybridized carbons (Fsp3) is 0.562. The quantitative estimate of drug-likeness (QED) is 0.818. The first-order chi connectivity index (χ1) is 9.88. The van der Waals surface area contributed by atoms with E-state index in [0.29, 0.717) is 22.8 Å². The Balaban J connectivity index is 1.79. The van der Waals surface area contributed by atoms with Crippen LogP contribution in [0.1, 0.15) is 39.5 Å². The van der Waals surface area contributed by atoms with Crippen molar-refractivity contribution in [3.63, 3.8) is 0 Å². The average Bonchev–Trinajstić information content (AvgIpc) is 2.73. The normalized spacial score (nSPS) is 17.9. The second kappa shape index (κ2) is 6.67. The summed E-state index contributed by atoms with van der Waals surface area (Å²) in [5, 5.41) is 3.40. The van der Waals surface area contributed by atoms with Crippen LogP contribution in [0.25, 0.3) is 0 Å². The van der Waals surface area contributed by atoms with Crippen LogP contribution >= 0.6 is 11.6 Å². The summed E-state index contributed by atoms with van der Waals surface area (Å²) in [5.74, 6) is -0.0130. The lowest BCUT2D eigenvalue weighted by Crippen LogP contribution is -2.38. The van der Waals surface area contributed by atoms with E-state index in [1.54, 1.807) is 18.2 Å². The van der Waals surface area contributed by atoms with Crippen molar-refractivity contribution in [3.05, 3.63) is 23.2 Å². The molecule has 1 amide bonds. The molecule has 0 spiro atoms. The number of hydrogen-bond donors (Lipinski definition) is 2. The molecule has 0 atom stereocenters. The number of halogens is 1. The first kappa shape index (κ1) is 16.1. The van der Waals surface area contributed by atoms with Crippen LogP contribution in [0.15, 0.2) is 18.2 Å². The minimum absolute atomic E-state index is 0.0130. The zero-order valence-electron chi connectivity index (χ0n) is 12.8. The van der Waals surface area contributed by atoms with E-state index in [-0.39, 0.29) is 11.4 Å². The van der Waals surface area contributed by atoms with Gasteiger partial charge in [-0.3, -0.25) is 9.69 Å². The van der Waals surface area contributed by atoms with Gasteiger partial charge < -0.3 is 11.1 Å². The second-order valence-electron chi connectivity index (χ2n) is 6.29. The molecule has 0 aliphatic carbocycles. The van der Waals surface area contributed by atoms with Crippen LogP contribution in [0.4, 0.5) is 11.4 Å². The first-order valence-electron chi connectivity index (χ1n) is 7.48. The molecule has 4 nitrogen and oxygen atoms in total. The molecule has 0 radical (unpaired) electrons. The number of carbonyl (C=O) groups excluding carboxylic acids is 1. The van der Waals surface area contributed by atoms with Crippen LogP contribution in [-0.2, 0) is 4.79 Å². The van der Waals surface area contributed by atoms with E-state index >= 15 is 0 Å². The maximum Gasteiger partial charge on any atom is 0.224 e. The summed E-state index contributed by atoms with van der Waals surface area (Å²) in [6.45, 7) is 6.64. The Morgan fingerprint density at radius 1 is 1.48 bits per heavy atom. The summed E-state index contributed by atoms with van der Waals surface area (Å²) in [6.07, 6.45) is 3.84. The van der Waals surface area contributed by atoms with Gasteiger partial charge >= 0.3 is 0 Å². The van der Waals surface area contributed by atoms with Crippen molar-refractivity contribution in [3.8, 4) is 0 Å². The largest absolute Gasteiger partial charge is 0.397 e. The highest BCUT2D eigenvalue weighted by Gasteiger charge is 2.31. The Morgan fingerprint density at radius 3 is 2.90 bits per heavy atom. The number of nitrogens with two attached hydrogens (primary N) is 1. The van der Waals surface area contributed by atoms with Gasteiger partial charge in [0.1, 0.15) is 0 Å². The molecule has 3 N–H and O–H groups in total. The van der Waals surface area contributed by atoms with Crippen molar-refractivity contribution in [2.45, 2.75) is 45.1 Å². The van der Waals surface area contributed by atoms with Crippen molar-refractivity contribution < 1.29 is 4.79 Å². The van der Waals surface area contributed by atoms with E-state index < -0.39 is 0 Å². The molecule has 0 saturated carbocycles. The molecule has 0 unspecified atom stereocenters. The van der Waals surface area contributed by atoms with Crippen LogP contribution in [0, 0.1) is 0 Å². The Bertz CT molecular complexity index is 516. The first-order valence-corrected chi connectivity index (χ1v) is 7.86. The van der Waals surface area contributed by atoms with Crippen LogP contribution < -0.4 is 11.1 Å². The van der Waals surface area contributed by atoms with Crippen molar-refractivity contribution >= 4 is 28.9 Å². The molecular formula is C16H24ClN3O. The van der Waals surface area contributed by atoms with Crippen molar-refractivity contribution in [1.29, 1.82) is 0 Å². The predicted molar refractivity (Wildman–Crippen MR) is 88.6 cm³/mol. The standard InChI is InChI=1S/C16H24ClN3O/c1-16(2)8-4-10-20(16)9-3-5-15(21)19-14-11-12(17)6-7-13(14)18/h6-7,11H,3-5,8-10,18H2,1-2H3,(H,19,21). The molecule has 0 aromatic heterocycles. The number of likely N-dealkylation sites (tertiary alicyclic amines) is 1. The van der Waals surface area contributed by atoms with Gasteiger partial charge in [-0.05, 0) is 64.4 Å². The average molecular weight is 310 g/mol. The van der Waals surface area contributed by atoms with Crippen LogP contribution in [0.3, 0.4) is 0 Å². The molecule has 1 fully saturated rings. The summed E-state index contributed by atoms with van der Waals surface area (Å²) >= 11 is 5.91. The molecule has 1 saturated heterocycles. The maximum atomic E-state index is 12.0. The molecule has 1 heterocycles. The zero-order chi connectivity index (χ0) is 15.5. The van der Waals surface area contributed by atoms with E-state index in [1.807, 2.05) is 0 Å². The third kappa shape index (κ3) is 4.35. The summed E-state index contributed by atoms with van der Waals surface area (Å²) in [4.78, 5) is 14.4. The molecule has 1 aliphatic heterocycles. The number of amides is 1. The van der Waals surface area contributed by atoms with Gasteiger partial charge in [-0.15, -0.1) is 0 Å². The summed E-state index contributed by atoms with van der Waals surface area (Å²) in [6, 6.07) is 5.09. The van der Waals surface area contributed by atoms with Gasteiger partial charge in [-0.1, -0.05) is 11.6 Å². The van der Waals surface area contributed by atoms with Gasteiger partial charge in [0.2, 0.25) is 5.91 Å². The highest BCUT2D eigenvalue weighted by molar-refractivity contribution is 6.31. The maximum absolute atomic E-state index is 12.0. The molecular weight excluding hydrogens is 286 g/mol. The monoisotopic (exact) mass is 309 g/mol. The Kier molecular flexibility index (Phi) is 5.12. The highest BCUT2D eigenvalue weighted by atomic mass is 35.5. The lowest BCUT2D eigenvalue weighted by atomic mass is 10.0. The molecule has 116 valence electrons. The lowest BCUT2D eigenvalue weighted by molar-refractivity contribution is -0.116. The van der Waals surface area contributed by atoms with Gasteiger partial charge in [0.15, 0.2) is 0 Å². The minimum atomic E-state index is -0.0130. The van der Waals surface area contributed by atoms with E-state index in [0.717, 1.165) is 19.5 Å². The topological polar surface area (TPSA) is 58.4 Å². The molecule has 0 bridgehead atoms. The lowest BCUT2D eigenvalue weighted by Gasteiger charge is -2.31. The zero-order valence-corrected chi connectivity index (χ0v) is 13.5. The van der Waals surface area contributed by atoms with Crippen molar-refractivity contribution in [2.24, 2.45) is 0 Å². The van der Waals surface area contributed by atoms with Crippen molar-refractivity contribution in [2.75, 3.05) is 24.1 Å². The molecule has 1 aromatic rings. The SMILES string of the molecule is CC1(C)CCCN1CCCC(=O)Nc1cc(Cl)ccc1N. The number of benzene rings is 1. The van der Waals surface area contributed by atoms with Crippen molar-refractivity contribution in [1.82, 2.24) is 4.90 Å². The summed E-state index contributed by atoms with van der Waals surface area (Å²) in [7, 11) is 0. The number of hydrogen-bond acceptors (Lipinski definition) is 3. The Morgan fingerprint density at radius 2 is 2.24 bits per heavy atom. The summed E-state index contributed by atoms with van der Waals surface area (Å²) < 4.78 is 0. The van der Waals surface area contributed by atoms with Crippen LogP contribution in [0.2, 0.25) is 5.02 Å². The number of nitrogens with one attached hydrogen (secondary N) is 1. The Hall–Kier alpha value is -1.26. The Labute approximate surface area is 131 Å². The second-order valence-corrected chi connectivity index (χ2v) is 6.72. The molecule has 21 heavy (non-hydrogen) atoms. The minimum Gasteiger partial charge on any atom is -0.397 e. The van der Waals surface area contributed by atoms with E-state index in [1.165, 1.54) is 12.8 Å². The van der Waals surface area contributed by atoms with E-state index in [9.17, 15) is 4.79 Å². The number of anilines is 2. The highest BCUT2D eigenvalue weighted by Crippen LogP contribution is 2.28. The van der Waals surface area contributed by atoms with Gasteiger partial charge in [0, 0.05) is 17.0 Å². The predicted octanol–water partition coefficient (Wildman–Crippen LogP) is 3.52. The molecule has 2 rings (SSSR count). The molecule has 1 aliphatic rings. The number of nitrogen functional groups attached to an aromatic ring is 1. The molecule has 5 heteroatoms. The fourth-order valence-electron chi connectivity index (χ4n) is 2.86. The third-order valence-electron chi connectivity index (χ3n) is 4.19. The van der Waals surface area contributed by atoms with E-state index in [4.69, 9.17) is 17.3 Å². The summed E-state index contributed by atoms with van der Waals surface area (Å²) in [5.41, 5.74) is 7.22. The van der Waals surface area contributed by atoms with Crippen LogP contribution in [0.5, 0.6) is 0 Å². The van der Waals surface area contributed by atoms with Crippen LogP contribution in [-0.4, -0.2) is 29.4 Å². The van der Waals surface area contributed by atoms with Gasteiger partial charge in [0.05, 0.1) is 11.4 Å². The third-order valence-corrected chi connectivity index (χ3v) is 4.43. The molecule has 1 aromatic carbocycles. The smallest absolute Gasteiger partial charge is 0.224 e. The number of rotatable bonds is 5. The fourth-order valence-corrected chi connectivity index (χ4v) is 3.03.